The van der Waals surface area contributed by atoms with Crippen LogP contribution in [-0.4, -0.2) is 23.0 Å². The highest BCUT2D eigenvalue weighted by atomic mass is 19.1. The average Bonchev–Trinajstić information content (AvgIpc) is 3.25. The maximum absolute atomic E-state index is 14.0. The molecular formula is C29H20FN3O5. The molecule has 0 saturated carbocycles. The van der Waals surface area contributed by atoms with Crippen molar-refractivity contribution in [1.29, 1.82) is 0 Å². The van der Waals surface area contributed by atoms with E-state index in [1.165, 1.54) is 36.5 Å². The van der Waals surface area contributed by atoms with Crippen molar-refractivity contribution >= 4 is 22.8 Å². The first-order valence-corrected chi connectivity index (χ1v) is 11.8. The van der Waals surface area contributed by atoms with E-state index in [9.17, 15) is 14.0 Å². The van der Waals surface area contributed by atoms with E-state index in [0.29, 0.717) is 23.7 Å². The molecule has 0 N–H and O–H groups in total. The number of nitrogens with zero attached hydrogens (tertiary/aromatic N) is 3. The van der Waals surface area contributed by atoms with Gasteiger partial charge in [-0.2, -0.15) is 0 Å². The quantitative estimate of drug-likeness (QED) is 0.316. The number of benzene rings is 3. The fraction of sp³-hybridized carbons (Fsp3) is 0.103. The first-order valence-electron chi connectivity index (χ1n) is 11.8. The van der Waals surface area contributed by atoms with E-state index in [4.69, 9.17) is 13.9 Å². The highest BCUT2D eigenvalue weighted by Crippen LogP contribution is 2.42. The average molecular weight is 509 g/mol. The molecule has 38 heavy (non-hydrogen) atoms. The second kappa shape index (κ2) is 9.44. The molecule has 3 heterocycles. The van der Waals surface area contributed by atoms with Gasteiger partial charge in [-0.25, -0.2) is 14.4 Å². The van der Waals surface area contributed by atoms with E-state index >= 15 is 0 Å². The molecule has 1 atom stereocenters. The minimum Gasteiger partial charge on any atom is -0.493 e. The van der Waals surface area contributed by atoms with Crippen LogP contribution in [0.15, 0.2) is 94.4 Å². The highest BCUT2D eigenvalue weighted by Gasteiger charge is 2.45. The molecule has 188 valence electrons. The van der Waals surface area contributed by atoms with Crippen LogP contribution in [0.3, 0.4) is 0 Å². The van der Waals surface area contributed by atoms with Crippen LogP contribution in [0.2, 0.25) is 0 Å². The number of carbonyl (C=O) groups is 1. The number of methoxy groups -OCH3 is 1. The van der Waals surface area contributed by atoms with E-state index in [1.54, 1.807) is 24.3 Å². The van der Waals surface area contributed by atoms with Crippen molar-refractivity contribution in [3.8, 4) is 11.5 Å². The summed E-state index contributed by atoms with van der Waals surface area (Å²) in [5.74, 6) is -0.329. The molecule has 6 rings (SSSR count). The van der Waals surface area contributed by atoms with Crippen LogP contribution in [0.25, 0.3) is 11.0 Å². The van der Waals surface area contributed by atoms with Crippen LogP contribution in [0.4, 0.5) is 10.3 Å². The van der Waals surface area contributed by atoms with Gasteiger partial charge >= 0.3 is 0 Å². The lowest BCUT2D eigenvalue weighted by Gasteiger charge is -2.24. The van der Waals surface area contributed by atoms with E-state index in [0.717, 1.165) is 11.6 Å². The first-order chi connectivity index (χ1) is 18.5. The first kappa shape index (κ1) is 23.4. The fourth-order valence-corrected chi connectivity index (χ4v) is 4.59. The predicted octanol–water partition coefficient (Wildman–Crippen LogP) is 5.06. The summed E-state index contributed by atoms with van der Waals surface area (Å²) in [6.07, 6.45) is 3.00. The van der Waals surface area contributed by atoms with Crippen LogP contribution >= 0.6 is 0 Å². The zero-order valence-electron chi connectivity index (χ0n) is 20.1. The number of fused-ring (bicyclic) bond motifs is 2. The van der Waals surface area contributed by atoms with Crippen molar-refractivity contribution in [1.82, 2.24) is 9.97 Å². The molecule has 3 aromatic carbocycles. The van der Waals surface area contributed by atoms with Crippen molar-refractivity contribution in [2.24, 2.45) is 0 Å². The molecule has 1 unspecified atom stereocenters. The van der Waals surface area contributed by atoms with Gasteiger partial charge in [-0.3, -0.25) is 14.5 Å². The van der Waals surface area contributed by atoms with Gasteiger partial charge in [0.25, 0.3) is 5.91 Å². The Morgan fingerprint density at radius 2 is 1.74 bits per heavy atom. The molecule has 1 aliphatic heterocycles. The van der Waals surface area contributed by atoms with Crippen molar-refractivity contribution in [3.63, 3.8) is 0 Å². The van der Waals surface area contributed by atoms with Gasteiger partial charge in [-0.05, 0) is 47.5 Å². The highest BCUT2D eigenvalue weighted by molar-refractivity contribution is 6.09. The Labute approximate surface area is 215 Å². The van der Waals surface area contributed by atoms with E-state index in [-0.39, 0.29) is 28.2 Å². The SMILES string of the molecule is COc1cc(C2c3c(oc4ccc(F)cc4c3=O)C(=O)N2c2ncccn2)ccc1OCc1ccccc1. The van der Waals surface area contributed by atoms with Crippen LogP contribution in [0.5, 0.6) is 11.5 Å². The normalized spacial score (nSPS) is 14.5. The largest absolute Gasteiger partial charge is 0.493 e. The van der Waals surface area contributed by atoms with Crippen molar-refractivity contribution in [2.45, 2.75) is 12.6 Å². The van der Waals surface area contributed by atoms with Gasteiger partial charge < -0.3 is 13.9 Å². The number of anilines is 1. The molecule has 2 aromatic heterocycles. The van der Waals surface area contributed by atoms with E-state index < -0.39 is 23.2 Å². The third kappa shape index (κ3) is 3.94. The molecule has 0 radical (unpaired) electrons. The number of amides is 1. The van der Waals surface area contributed by atoms with Gasteiger partial charge in [0, 0.05) is 12.4 Å². The van der Waals surface area contributed by atoms with Crippen LogP contribution in [-0.2, 0) is 6.61 Å². The number of ether oxygens (including phenoxy) is 2. The molecule has 0 bridgehead atoms. The van der Waals surface area contributed by atoms with Gasteiger partial charge in [0.15, 0.2) is 16.9 Å². The fourth-order valence-electron chi connectivity index (χ4n) is 4.59. The smallest absolute Gasteiger partial charge is 0.297 e. The lowest BCUT2D eigenvalue weighted by Crippen LogP contribution is -2.31. The van der Waals surface area contributed by atoms with Gasteiger partial charge in [0.1, 0.15) is 18.0 Å². The molecule has 0 aliphatic carbocycles. The molecular weight excluding hydrogens is 489 g/mol. The summed E-state index contributed by atoms with van der Waals surface area (Å²) in [5.41, 5.74) is 1.19. The molecule has 9 heteroatoms. The second-order valence-electron chi connectivity index (χ2n) is 8.63. The Kier molecular flexibility index (Phi) is 5.80. The topological polar surface area (TPSA) is 94.8 Å². The maximum Gasteiger partial charge on any atom is 0.297 e. The summed E-state index contributed by atoms with van der Waals surface area (Å²) in [5, 5.41) is 0.0344. The molecule has 0 fully saturated rings. The molecule has 0 saturated heterocycles. The standard InChI is InChI=1S/C29H20FN3O5/c1-36-23-14-18(8-10-22(23)37-16-17-6-3-2-4-7-17)25-24-26(34)20-15-19(30)9-11-21(20)38-27(24)28(35)33(25)29-31-12-5-13-32-29/h2-15,25H,16H2,1H3. The number of hydrogen-bond acceptors (Lipinski definition) is 7. The third-order valence-electron chi connectivity index (χ3n) is 6.34. The zero-order valence-corrected chi connectivity index (χ0v) is 20.1. The van der Waals surface area contributed by atoms with Crippen LogP contribution in [0.1, 0.15) is 33.3 Å². The second-order valence-corrected chi connectivity index (χ2v) is 8.63. The number of hydrogen-bond donors (Lipinski definition) is 0. The van der Waals surface area contributed by atoms with E-state index in [2.05, 4.69) is 9.97 Å². The Bertz CT molecular complexity index is 1720. The van der Waals surface area contributed by atoms with Crippen LogP contribution < -0.4 is 19.8 Å². The number of rotatable bonds is 6. The molecule has 0 spiro atoms. The predicted molar refractivity (Wildman–Crippen MR) is 137 cm³/mol. The Morgan fingerprint density at radius 3 is 2.50 bits per heavy atom. The summed E-state index contributed by atoms with van der Waals surface area (Å²) in [7, 11) is 1.50. The van der Waals surface area contributed by atoms with E-state index in [1.807, 2.05) is 30.3 Å². The lowest BCUT2D eigenvalue weighted by atomic mass is 9.98. The van der Waals surface area contributed by atoms with Crippen molar-refractivity contribution < 1.29 is 23.1 Å². The van der Waals surface area contributed by atoms with Gasteiger partial charge in [0.2, 0.25) is 11.7 Å². The van der Waals surface area contributed by atoms with Gasteiger partial charge in [0.05, 0.1) is 24.1 Å². The number of aromatic nitrogens is 2. The summed E-state index contributed by atoms with van der Waals surface area (Å²) >= 11 is 0. The summed E-state index contributed by atoms with van der Waals surface area (Å²) in [6, 6.07) is 19.1. The number of halogens is 1. The Hall–Kier alpha value is -5.05. The third-order valence-corrected chi connectivity index (χ3v) is 6.34. The number of carbonyl (C=O) groups excluding carboxylic acids is 1. The Balaban J connectivity index is 1.49. The molecule has 8 nitrogen and oxygen atoms in total. The van der Waals surface area contributed by atoms with Crippen LogP contribution in [0, 0.1) is 5.82 Å². The molecule has 1 amide bonds. The lowest BCUT2D eigenvalue weighted by molar-refractivity contribution is 0.0969. The molecule has 5 aromatic rings. The zero-order chi connectivity index (χ0) is 26.2. The molecule has 1 aliphatic rings. The summed E-state index contributed by atoms with van der Waals surface area (Å²) < 4.78 is 31.5. The van der Waals surface area contributed by atoms with Gasteiger partial charge in [-0.15, -0.1) is 0 Å². The minimum absolute atomic E-state index is 0.0344. The minimum atomic E-state index is -0.944. The maximum atomic E-state index is 14.0. The Morgan fingerprint density at radius 1 is 0.947 bits per heavy atom. The van der Waals surface area contributed by atoms with Gasteiger partial charge in [-0.1, -0.05) is 36.4 Å². The van der Waals surface area contributed by atoms with Crippen molar-refractivity contribution in [3.05, 3.63) is 124 Å². The monoisotopic (exact) mass is 509 g/mol. The van der Waals surface area contributed by atoms with Crippen molar-refractivity contribution in [2.75, 3.05) is 12.0 Å². The summed E-state index contributed by atoms with van der Waals surface area (Å²) in [4.78, 5) is 37.0. The summed E-state index contributed by atoms with van der Waals surface area (Å²) in [6.45, 7) is 0.326.